The Hall–Kier alpha value is -3.29. The van der Waals surface area contributed by atoms with Gasteiger partial charge in [0.2, 0.25) is 0 Å². The molecule has 8 nitrogen and oxygen atoms in total. The van der Waals surface area contributed by atoms with Crippen molar-refractivity contribution in [1.29, 1.82) is 0 Å². The molecule has 0 radical (unpaired) electrons. The summed E-state index contributed by atoms with van der Waals surface area (Å²) in [7, 11) is 0. The molecule has 0 spiro atoms. The van der Waals surface area contributed by atoms with Crippen molar-refractivity contribution < 1.29 is 9.53 Å². The van der Waals surface area contributed by atoms with Gasteiger partial charge in [0.1, 0.15) is 30.5 Å². The third-order valence-electron chi connectivity index (χ3n) is 2.98. The molecular formula is C15H14N6O2. The monoisotopic (exact) mass is 310 g/mol. The molecular weight excluding hydrogens is 296 g/mol. The average Bonchev–Trinajstić information content (AvgIpc) is 3.11. The molecule has 23 heavy (non-hydrogen) atoms. The summed E-state index contributed by atoms with van der Waals surface area (Å²) >= 11 is 0. The Morgan fingerprint density at radius 2 is 2.04 bits per heavy atom. The van der Waals surface area contributed by atoms with Crippen LogP contribution in [0.3, 0.4) is 0 Å². The van der Waals surface area contributed by atoms with Crippen molar-refractivity contribution in [3.8, 4) is 11.6 Å². The minimum absolute atomic E-state index is 0.267. The van der Waals surface area contributed by atoms with Gasteiger partial charge >= 0.3 is 0 Å². The zero-order valence-electron chi connectivity index (χ0n) is 12.4. The third kappa shape index (κ3) is 3.49. The Kier molecular flexibility index (Phi) is 4.23. The van der Waals surface area contributed by atoms with Crippen molar-refractivity contribution in [2.75, 3.05) is 11.9 Å². The number of rotatable bonds is 5. The highest BCUT2D eigenvalue weighted by Crippen LogP contribution is 2.14. The predicted molar refractivity (Wildman–Crippen MR) is 82.5 cm³/mol. The second-order valence-corrected chi connectivity index (χ2v) is 4.51. The number of ether oxygens (including phenoxy) is 1. The number of hydrogen-bond donors (Lipinski definition) is 1. The molecule has 0 saturated heterocycles. The van der Waals surface area contributed by atoms with Gasteiger partial charge in [-0.1, -0.05) is 0 Å². The lowest BCUT2D eigenvalue weighted by atomic mass is 10.2. The van der Waals surface area contributed by atoms with Gasteiger partial charge in [0, 0.05) is 11.6 Å². The number of carbonyl (C=O) groups is 1. The molecule has 0 aliphatic heterocycles. The molecule has 1 amide bonds. The van der Waals surface area contributed by atoms with Gasteiger partial charge in [0.05, 0.1) is 6.61 Å². The van der Waals surface area contributed by atoms with Crippen LogP contribution in [0.2, 0.25) is 0 Å². The topological polar surface area (TPSA) is 94.8 Å². The van der Waals surface area contributed by atoms with Gasteiger partial charge in [-0.3, -0.25) is 4.79 Å². The van der Waals surface area contributed by atoms with Crippen molar-refractivity contribution in [3.05, 3.63) is 54.9 Å². The zero-order valence-corrected chi connectivity index (χ0v) is 12.4. The van der Waals surface area contributed by atoms with Crippen LogP contribution in [-0.2, 0) is 0 Å². The lowest BCUT2D eigenvalue weighted by Crippen LogP contribution is -2.13. The smallest absolute Gasteiger partial charge is 0.256 e. The summed E-state index contributed by atoms with van der Waals surface area (Å²) < 4.78 is 6.83. The van der Waals surface area contributed by atoms with Gasteiger partial charge in [-0.15, -0.1) is 0 Å². The molecule has 3 aromatic rings. The molecule has 0 atom stereocenters. The lowest BCUT2D eigenvalue weighted by molar-refractivity contribution is 0.102. The first-order valence-corrected chi connectivity index (χ1v) is 6.97. The molecule has 2 heterocycles. The maximum Gasteiger partial charge on any atom is 0.256 e. The maximum absolute atomic E-state index is 12.2. The van der Waals surface area contributed by atoms with Gasteiger partial charge in [0.25, 0.3) is 5.91 Å². The van der Waals surface area contributed by atoms with E-state index in [1.165, 1.54) is 23.7 Å². The van der Waals surface area contributed by atoms with Crippen molar-refractivity contribution in [2.24, 2.45) is 0 Å². The first kappa shape index (κ1) is 14.6. The molecule has 8 heteroatoms. The first-order valence-electron chi connectivity index (χ1n) is 6.97. The van der Waals surface area contributed by atoms with E-state index in [1.807, 2.05) is 6.92 Å². The highest BCUT2D eigenvalue weighted by atomic mass is 16.5. The fraction of sp³-hybridized carbons (Fsp3) is 0.133. The molecule has 0 aliphatic rings. The molecule has 2 aromatic heterocycles. The van der Waals surface area contributed by atoms with Crippen LogP contribution in [0.15, 0.2) is 49.3 Å². The summed E-state index contributed by atoms with van der Waals surface area (Å²) in [6, 6.07) is 8.50. The minimum atomic E-state index is -0.267. The van der Waals surface area contributed by atoms with Crippen LogP contribution in [-0.4, -0.2) is 37.2 Å². The number of aromatic nitrogens is 5. The molecule has 0 aliphatic carbocycles. The first-order chi connectivity index (χ1) is 11.3. The fourth-order valence-corrected chi connectivity index (χ4v) is 1.92. The number of hydrogen-bond acceptors (Lipinski definition) is 6. The van der Waals surface area contributed by atoms with E-state index in [0.29, 0.717) is 23.8 Å². The van der Waals surface area contributed by atoms with Gasteiger partial charge in [0.15, 0.2) is 5.82 Å². The van der Waals surface area contributed by atoms with Crippen LogP contribution in [0.4, 0.5) is 5.82 Å². The number of amides is 1. The van der Waals surface area contributed by atoms with E-state index in [0.717, 1.165) is 5.75 Å². The van der Waals surface area contributed by atoms with Gasteiger partial charge in [-0.2, -0.15) is 5.10 Å². The Labute approximate surface area is 132 Å². The summed E-state index contributed by atoms with van der Waals surface area (Å²) in [5.74, 6) is 1.35. The van der Waals surface area contributed by atoms with E-state index in [4.69, 9.17) is 4.74 Å². The normalized spacial score (nSPS) is 10.3. The van der Waals surface area contributed by atoms with E-state index >= 15 is 0 Å². The fourth-order valence-electron chi connectivity index (χ4n) is 1.92. The highest BCUT2D eigenvalue weighted by molar-refractivity contribution is 6.03. The number of nitrogens with zero attached hydrogens (tertiary/aromatic N) is 5. The van der Waals surface area contributed by atoms with Crippen LogP contribution in [0.25, 0.3) is 5.82 Å². The molecule has 0 fully saturated rings. The average molecular weight is 310 g/mol. The van der Waals surface area contributed by atoms with Crippen LogP contribution >= 0.6 is 0 Å². The van der Waals surface area contributed by atoms with E-state index in [9.17, 15) is 4.79 Å². The minimum Gasteiger partial charge on any atom is -0.494 e. The maximum atomic E-state index is 12.2. The van der Waals surface area contributed by atoms with E-state index < -0.39 is 0 Å². The van der Waals surface area contributed by atoms with E-state index in [1.54, 1.807) is 30.3 Å². The molecule has 0 saturated carbocycles. The van der Waals surface area contributed by atoms with Crippen molar-refractivity contribution in [3.63, 3.8) is 0 Å². The van der Waals surface area contributed by atoms with Crippen molar-refractivity contribution >= 4 is 11.7 Å². The molecule has 0 bridgehead atoms. The number of nitrogens with one attached hydrogen (secondary N) is 1. The number of benzene rings is 1. The van der Waals surface area contributed by atoms with Crippen LogP contribution in [0, 0.1) is 0 Å². The van der Waals surface area contributed by atoms with Crippen LogP contribution in [0.5, 0.6) is 5.75 Å². The van der Waals surface area contributed by atoms with E-state index in [-0.39, 0.29) is 5.91 Å². The zero-order chi connectivity index (χ0) is 16.1. The number of carbonyl (C=O) groups excluding carboxylic acids is 1. The van der Waals surface area contributed by atoms with Gasteiger partial charge in [-0.05, 0) is 31.2 Å². The lowest BCUT2D eigenvalue weighted by Gasteiger charge is -2.07. The Morgan fingerprint density at radius 1 is 1.22 bits per heavy atom. The van der Waals surface area contributed by atoms with Gasteiger partial charge < -0.3 is 10.1 Å². The second-order valence-electron chi connectivity index (χ2n) is 4.51. The Balaban J connectivity index is 1.73. The highest BCUT2D eigenvalue weighted by Gasteiger charge is 2.08. The summed E-state index contributed by atoms with van der Waals surface area (Å²) in [5, 5.41) is 6.70. The van der Waals surface area contributed by atoms with Crippen molar-refractivity contribution in [1.82, 2.24) is 24.7 Å². The SMILES string of the molecule is CCOc1ccc(C(=O)Nc2cc(-n3cncn3)ncn2)cc1. The molecule has 1 aromatic carbocycles. The van der Waals surface area contributed by atoms with Crippen LogP contribution < -0.4 is 10.1 Å². The van der Waals surface area contributed by atoms with Gasteiger partial charge in [-0.25, -0.2) is 19.6 Å². The molecule has 3 rings (SSSR count). The summed E-state index contributed by atoms with van der Waals surface area (Å²) in [6.45, 7) is 2.49. The second kappa shape index (κ2) is 6.65. The molecule has 1 N–H and O–H groups in total. The predicted octanol–water partition coefficient (Wildman–Crippen LogP) is 1.71. The molecule has 0 unspecified atom stereocenters. The van der Waals surface area contributed by atoms with Crippen LogP contribution in [0.1, 0.15) is 17.3 Å². The quantitative estimate of drug-likeness (QED) is 0.771. The number of anilines is 1. The Morgan fingerprint density at radius 3 is 2.74 bits per heavy atom. The summed E-state index contributed by atoms with van der Waals surface area (Å²) in [6.07, 6.45) is 4.27. The van der Waals surface area contributed by atoms with Crippen molar-refractivity contribution in [2.45, 2.75) is 6.92 Å². The Bertz CT molecular complexity index is 786. The van der Waals surface area contributed by atoms with E-state index in [2.05, 4.69) is 25.4 Å². The molecule has 116 valence electrons. The third-order valence-corrected chi connectivity index (χ3v) is 2.98. The standard InChI is InChI=1S/C15H14N6O2/c1-2-23-12-5-3-11(4-6-12)15(22)20-13-7-14(18-9-17-13)21-10-16-8-19-21/h3-10H,2H2,1H3,(H,17,18,20,22). The summed E-state index contributed by atoms with van der Waals surface area (Å²) in [5.41, 5.74) is 0.509. The summed E-state index contributed by atoms with van der Waals surface area (Å²) in [4.78, 5) is 24.2. The largest absolute Gasteiger partial charge is 0.494 e.